The van der Waals surface area contributed by atoms with Gasteiger partial charge in [0.25, 0.3) is 0 Å². The van der Waals surface area contributed by atoms with Crippen LogP contribution in [0.15, 0.2) is 11.8 Å². The lowest BCUT2D eigenvalue weighted by Crippen LogP contribution is -2.59. The zero-order valence-corrected chi connectivity index (χ0v) is 13.6. The molecule has 8 heteroatoms. The minimum Gasteiger partial charge on any atom is -0.471 e. The molecule has 0 spiro atoms. The van der Waals surface area contributed by atoms with Gasteiger partial charge in [0.1, 0.15) is 23.9 Å². The minimum absolute atomic E-state index is 0.0253. The van der Waals surface area contributed by atoms with Crippen molar-refractivity contribution in [3.63, 3.8) is 0 Å². The van der Waals surface area contributed by atoms with Crippen molar-refractivity contribution in [1.82, 2.24) is 0 Å². The molecule has 0 aromatic rings. The Balaban J connectivity index is 1.80. The van der Waals surface area contributed by atoms with E-state index in [1.807, 2.05) is 6.92 Å². The van der Waals surface area contributed by atoms with Crippen molar-refractivity contribution in [2.24, 2.45) is 11.8 Å². The lowest BCUT2D eigenvalue weighted by atomic mass is 9.80. The number of carbonyl (C=O) groups is 1. The van der Waals surface area contributed by atoms with Crippen LogP contribution in [-0.4, -0.2) is 69.3 Å². The maximum atomic E-state index is 11.2. The fraction of sp³-hybridized carbons (Fsp3) is 0.812. The van der Waals surface area contributed by atoms with Crippen molar-refractivity contribution in [2.45, 2.75) is 69.3 Å². The highest BCUT2D eigenvalue weighted by molar-refractivity contribution is 5.76. The molecule has 0 radical (unpaired) electrons. The molecule has 0 bridgehead atoms. The molecule has 5 unspecified atom stereocenters. The topological polar surface area (TPSA) is 126 Å². The number of hydrogen-bond acceptors (Lipinski definition) is 8. The Morgan fingerprint density at radius 2 is 1.92 bits per heavy atom. The third-order valence-electron chi connectivity index (χ3n) is 5.47. The number of ether oxygens (including phenoxy) is 3. The van der Waals surface area contributed by atoms with Gasteiger partial charge in [-0.15, -0.1) is 0 Å². The Hall–Kier alpha value is -1.03. The molecule has 0 amide bonds. The first kappa shape index (κ1) is 17.8. The van der Waals surface area contributed by atoms with Crippen LogP contribution in [0.4, 0.5) is 0 Å². The predicted molar refractivity (Wildman–Crippen MR) is 79.3 cm³/mol. The monoisotopic (exact) mass is 344 g/mol. The van der Waals surface area contributed by atoms with Gasteiger partial charge >= 0.3 is 0 Å². The Morgan fingerprint density at radius 3 is 2.58 bits per heavy atom. The SMILES string of the molecule is CC1OC(O[C@@H]2OC=C(C=O)[C@@]3(O)CC[C@H](C)[C@@H]23)C(O)C(O)C1O. The van der Waals surface area contributed by atoms with E-state index < -0.39 is 48.5 Å². The van der Waals surface area contributed by atoms with E-state index in [4.69, 9.17) is 14.2 Å². The summed E-state index contributed by atoms with van der Waals surface area (Å²) in [4.78, 5) is 11.2. The van der Waals surface area contributed by atoms with Crippen molar-refractivity contribution < 1.29 is 39.4 Å². The number of aliphatic hydroxyl groups is 4. The summed E-state index contributed by atoms with van der Waals surface area (Å²) in [7, 11) is 0. The van der Waals surface area contributed by atoms with Crippen molar-refractivity contribution in [1.29, 1.82) is 0 Å². The lowest BCUT2D eigenvalue weighted by molar-refractivity contribution is -0.341. The average Bonchev–Trinajstić information content (AvgIpc) is 2.87. The zero-order valence-electron chi connectivity index (χ0n) is 13.6. The van der Waals surface area contributed by atoms with Crippen molar-refractivity contribution >= 4 is 6.29 Å². The lowest BCUT2D eigenvalue weighted by Gasteiger charge is -2.44. The summed E-state index contributed by atoms with van der Waals surface area (Å²) < 4.78 is 16.6. The van der Waals surface area contributed by atoms with Gasteiger partial charge < -0.3 is 34.6 Å². The van der Waals surface area contributed by atoms with Crippen LogP contribution < -0.4 is 0 Å². The van der Waals surface area contributed by atoms with Crippen LogP contribution in [0.25, 0.3) is 0 Å². The van der Waals surface area contributed by atoms with E-state index >= 15 is 0 Å². The molecule has 9 atom stereocenters. The van der Waals surface area contributed by atoms with Crippen LogP contribution in [0.5, 0.6) is 0 Å². The van der Waals surface area contributed by atoms with E-state index in [1.165, 1.54) is 6.26 Å². The molecule has 136 valence electrons. The highest BCUT2D eigenvalue weighted by Gasteiger charge is 2.56. The van der Waals surface area contributed by atoms with Gasteiger partial charge in [-0.2, -0.15) is 0 Å². The van der Waals surface area contributed by atoms with Crippen molar-refractivity contribution in [2.75, 3.05) is 0 Å². The quantitative estimate of drug-likeness (QED) is 0.483. The van der Waals surface area contributed by atoms with Gasteiger partial charge in [-0.25, -0.2) is 0 Å². The van der Waals surface area contributed by atoms with Crippen LogP contribution in [-0.2, 0) is 19.0 Å². The molecule has 1 aliphatic carbocycles. The molecule has 3 aliphatic rings. The van der Waals surface area contributed by atoms with Crippen LogP contribution in [0.3, 0.4) is 0 Å². The molecule has 2 aliphatic heterocycles. The number of fused-ring (bicyclic) bond motifs is 1. The number of rotatable bonds is 3. The van der Waals surface area contributed by atoms with Gasteiger partial charge in [0.2, 0.25) is 6.29 Å². The summed E-state index contributed by atoms with van der Waals surface area (Å²) in [6, 6.07) is 0. The van der Waals surface area contributed by atoms with E-state index in [2.05, 4.69) is 0 Å². The van der Waals surface area contributed by atoms with Crippen molar-refractivity contribution in [3.8, 4) is 0 Å². The number of hydrogen-bond donors (Lipinski definition) is 4. The molecule has 3 rings (SSSR count). The summed E-state index contributed by atoms with van der Waals surface area (Å²) in [5.41, 5.74) is -1.17. The second-order valence-electron chi connectivity index (χ2n) is 6.98. The molecular weight excluding hydrogens is 320 g/mol. The predicted octanol–water partition coefficient (Wildman–Crippen LogP) is -0.953. The van der Waals surface area contributed by atoms with Crippen LogP contribution in [0.2, 0.25) is 0 Å². The third kappa shape index (κ3) is 2.67. The molecule has 24 heavy (non-hydrogen) atoms. The largest absolute Gasteiger partial charge is 0.471 e. The Labute approximate surface area is 139 Å². The molecule has 0 aromatic carbocycles. The molecule has 0 aromatic heterocycles. The summed E-state index contributed by atoms with van der Waals surface area (Å²) >= 11 is 0. The fourth-order valence-corrected chi connectivity index (χ4v) is 3.93. The summed E-state index contributed by atoms with van der Waals surface area (Å²) in [6.07, 6.45) is -4.12. The second kappa shape index (κ2) is 6.36. The Morgan fingerprint density at radius 1 is 1.21 bits per heavy atom. The molecule has 2 heterocycles. The molecule has 2 fully saturated rings. The smallest absolute Gasteiger partial charge is 0.207 e. The first-order chi connectivity index (χ1) is 11.3. The summed E-state index contributed by atoms with van der Waals surface area (Å²) in [5, 5.41) is 40.6. The highest BCUT2D eigenvalue weighted by atomic mass is 16.8. The van der Waals surface area contributed by atoms with E-state index in [-0.39, 0.29) is 11.5 Å². The summed E-state index contributed by atoms with van der Waals surface area (Å²) in [6.45, 7) is 3.48. The zero-order chi connectivity index (χ0) is 17.6. The van der Waals surface area contributed by atoms with Crippen LogP contribution in [0.1, 0.15) is 26.7 Å². The van der Waals surface area contributed by atoms with Gasteiger partial charge in [0, 0.05) is 0 Å². The Bertz CT molecular complexity index is 522. The molecule has 4 N–H and O–H groups in total. The van der Waals surface area contributed by atoms with Gasteiger partial charge in [-0.05, 0) is 25.7 Å². The van der Waals surface area contributed by atoms with Gasteiger partial charge in [0.05, 0.1) is 23.9 Å². The number of aliphatic hydroxyl groups excluding tert-OH is 3. The first-order valence-electron chi connectivity index (χ1n) is 8.18. The number of carbonyl (C=O) groups excluding carboxylic acids is 1. The standard InChI is InChI=1S/C16H24O8/c1-7-3-4-16(21)9(5-17)6-22-14(10(7)16)24-15-13(20)12(19)11(18)8(2)23-15/h5-8,10-15,18-21H,3-4H2,1-2H3/t7-,8?,10-,11?,12?,13?,14-,15?,16-/m0/s1. The minimum atomic E-state index is -1.46. The van der Waals surface area contributed by atoms with E-state index in [0.717, 1.165) is 0 Å². The van der Waals surface area contributed by atoms with Gasteiger partial charge in [-0.1, -0.05) is 6.92 Å². The normalized spacial score (nSPS) is 51.5. The third-order valence-corrected chi connectivity index (χ3v) is 5.47. The van der Waals surface area contributed by atoms with Crippen LogP contribution >= 0.6 is 0 Å². The molecule has 8 nitrogen and oxygen atoms in total. The molecule has 1 saturated carbocycles. The maximum Gasteiger partial charge on any atom is 0.207 e. The second-order valence-corrected chi connectivity index (χ2v) is 6.98. The fourth-order valence-electron chi connectivity index (χ4n) is 3.93. The van der Waals surface area contributed by atoms with E-state index in [0.29, 0.717) is 19.1 Å². The van der Waals surface area contributed by atoms with E-state index in [1.54, 1.807) is 6.92 Å². The van der Waals surface area contributed by atoms with Crippen molar-refractivity contribution in [3.05, 3.63) is 11.8 Å². The molecular formula is C16H24O8. The van der Waals surface area contributed by atoms with Gasteiger partial charge in [0.15, 0.2) is 12.6 Å². The van der Waals surface area contributed by atoms with Gasteiger partial charge in [-0.3, -0.25) is 4.79 Å². The number of aldehydes is 1. The highest BCUT2D eigenvalue weighted by Crippen LogP contribution is 2.49. The average molecular weight is 344 g/mol. The maximum absolute atomic E-state index is 11.2. The Kier molecular flexibility index (Phi) is 4.71. The summed E-state index contributed by atoms with van der Waals surface area (Å²) in [5.74, 6) is -0.477. The first-order valence-corrected chi connectivity index (χ1v) is 8.18. The molecule has 1 saturated heterocycles. The van der Waals surface area contributed by atoms with Crippen LogP contribution in [0, 0.1) is 11.8 Å². The van der Waals surface area contributed by atoms with E-state index in [9.17, 15) is 25.2 Å².